The number of rotatable bonds is 6. The Hall–Kier alpha value is -1.22. The number of nitrogens with two attached hydrogens (primary N) is 1. The molecule has 0 saturated carbocycles. The van der Waals surface area contributed by atoms with Crippen LogP contribution in [0.2, 0.25) is 0 Å². The first-order chi connectivity index (χ1) is 9.45. The molecular weight excluding hydrogens is 316 g/mol. The summed E-state index contributed by atoms with van der Waals surface area (Å²) < 4.78 is 22.4. The van der Waals surface area contributed by atoms with Gasteiger partial charge in [-0.05, 0) is 40.9 Å². The third kappa shape index (κ3) is 4.41. The van der Waals surface area contributed by atoms with Gasteiger partial charge in [0.2, 0.25) is 15.9 Å². The van der Waals surface area contributed by atoms with Crippen molar-refractivity contribution in [3.05, 3.63) is 39.4 Å². The molecule has 2 aromatic rings. The fraction of sp³-hybridized carbons (Fsp3) is 0.250. The molecule has 1 amide bonds. The quantitative estimate of drug-likeness (QED) is 0.838. The van der Waals surface area contributed by atoms with Gasteiger partial charge in [0, 0.05) is 11.4 Å². The second-order valence-electron chi connectivity index (χ2n) is 4.17. The summed E-state index contributed by atoms with van der Waals surface area (Å²) in [5.74, 6) is -0.0355. The Morgan fingerprint density at radius 3 is 2.70 bits per heavy atom. The Balaban J connectivity index is 1.78. The molecular formula is C12H14N2O3S3. The third-order valence-electron chi connectivity index (χ3n) is 2.56. The van der Waals surface area contributed by atoms with Crippen molar-refractivity contribution in [2.75, 3.05) is 6.54 Å². The van der Waals surface area contributed by atoms with E-state index < -0.39 is 10.0 Å². The van der Waals surface area contributed by atoms with Crippen LogP contribution < -0.4 is 10.5 Å². The summed E-state index contributed by atoms with van der Waals surface area (Å²) in [5.41, 5.74) is 1.00. The van der Waals surface area contributed by atoms with Crippen LogP contribution in [0.15, 0.2) is 33.2 Å². The van der Waals surface area contributed by atoms with E-state index in [1.54, 1.807) is 17.4 Å². The summed E-state index contributed by atoms with van der Waals surface area (Å²) in [7, 11) is -3.63. The molecule has 20 heavy (non-hydrogen) atoms. The number of hydrogen-bond donors (Lipinski definition) is 2. The molecule has 0 aliphatic rings. The summed E-state index contributed by atoms with van der Waals surface area (Å²) >= 11 is 2.69. The number of carbonyl (C=O) groups excluding carboxylic acids is 1. The third-order valence-corrected chi connectivity index (χ3v) is 5.87. The summed E-state index contributed by atoms with van der Waals surface area (Å²) in [6, 6.07) is 5.12. The van der Waals surface area contributed by atoms with Crippen LogP contribution in [-0.4, -0.2) is 20.9 Å². The van der Waals surface area contributed by atoms with Gasteiger partial charge in [0.15, 0.2) is 0 Å². The van der Waals surface area contributed by atoms with Gasteiger partial charge in [-0.3, -0.25) is 4.79 Å². The van der Waals surface area contributed by atoms with Crippen molar-refractivity contribution in [1.82, 2.24) is 5.32 Å². The fourth-order valence-electron chi connectivity index (χ4n) is 1.61. The minimum absolute atomic E-state index is 0.0355. The maximum absolute atomic E-state index is 11.6. The number of sulfonamides is 1. The SMILES string of the molecule is NS(=O)(=O)c1ccc(CCNC(=O)Cc2ccsc2)s1. The lowest BCUT2D eigenvalue weighted by Gasteiger charge is -2.02. The highest BCUT2D eigenvalue weighted by atomic mass is 32.2. The zero-order valence-electron chi connectivity index (χ0n) is 10.5. The summed E-state index contributed by atoms with van der Waals surface area (Å²) in [6.07, 6.45) is 0.964. The molecule has 0 unspecified atom stereocenters. The van der Waals surface area contributed by atoms with Crippen molar-refractivity contribution in [1.29, 1.82) is 0 Å². The number of hydrogen-bond acceptors (Lipinski definition) is 5. The second-order valence-corrected chi connectivity index (χ2v) is 7.91. The zero-order chi connectivity index (χ0) is 14.6. The minimum Gasteiger partial charge on any atom is -0.355 e. The average Bonchev–Trinajstić information content (AvgIpc) is 2.98. The monoisotopic (exact) mass is 330 g/mol. The van der Waals surface area contributed by atoms with E-state index >= 15 is 0 Å². The Morgan fingerprint density at radius 2 is 2.10 bits per heavy atom. The van der Waals surface area contributed by atoms with Gasteiger partial charge in [0.05, 0.1) is 6.42 Å². The molecule has 0 bridgehead atoms. The number of nitrogens with one attached hydrogen (secondary N) is 1. The lowest BCUT2D eigenvalue weighted by Crippen LogP contribution is -2.26. The molecule has 2 rings (SSSR count). The highest BCUT2D eigenvalue weighted by Gasteiger charge is 2.11. The van der Waals surface area contributed by atoms with Crippen molar-refractivity contribution in [2.45, 2.75) is 17.1 Å². The molecule has 8 heteroatoms. The van der Waals surface area contributed by atoms with E-state index in [-0.39, 0.29) is 10.1 Å². The molecule has 0 radical (unpaired) electrons. The maximum Gasteiger partial charge on any atom is 0.247 e. The van der Waals surface area contributed by atoms with E-state index in [1.165, 1.54) is 6.07 Å². The van der Waals surface area contributed by atoms with Gasteiger partial charge in [0.1, 0.15) is 4.21 Å². The van der Waals surface area contributed by atoms with Gasteiger partial charge in [-0.25, -0.2) is 13.6 Å². The fourth-order valence-corrected chi connectivity index (χ4v) is 4.06. The van der Waals surface area contributed by atoms with Crippen molar-refractivity contribution in [3.8, 4) is 0 Å². The number of carbonyl (C=O) groups is 1. The molecule has 3 N–H and O–H groups in total. The molecule has 108 valence electrons. The predicted octanol–water partition coefficient (Wildman–Crippen LogP) is 1.36. The second kappa shape index (κ2) is 6.49. The Bertz CT molecular complexity index is 675. The van der Waals surface area contributed by atoms with Crippen molar-refractivity contribution < 1.29 is 13.2 Å². The summed E-state index contributed by atoms with van der Waals surface area (Å²) in [6.45, 7) is 0.480. The molecule has 0 saturated heterocycles. The van der Waals surface area contributed by atoms with E-state index in [4.69, 9.17) is 5.14 Å². The molecule has 0 aliphatic heterocycles. The first kappa shape index (κ1) is 15.2. The van der Waals surface area contributed by atoms with Crippen molar-refractivity contribution >= 4 is 38.6 Å². The average molecular weight is 330 g/mol. The number of thiophene rings is 2. The molecule has 0 fully saturated rings. The van der Waals surface area contributed by atoms with Crippen LogP contribution in [0.5, 0.6) is 0 Å². The van der Waals surface area contributed by atoms with Gasteiger partial charge < -0.3 is 5.32 Å². The molecule has 0 spiro atoms. The minimum atomic E-state index is -3.63. The normalized spacial score (nSPS) is 11.4. The number of amides is 1. The molecule has 0 aromatic carbocycles. The van der Waals surface area contributed by atoms with Crippen LogP contribution in [0.3, 0.4) is 0 Å². The van der Waals surface area contributed by atoms with Gasteiger partial charge in [-0.15, -0.1) is 11.3 Å². The lowest BCUT2D eigenvalue weighted by atomic mass is 10.2. The van der Waals surface area contributed by atoms with Gasteiger partial charge in [-0.2, -0.15) is 11.3 Å². The molecule has 2 heterocycles. The lowest BCUT2D eigenvalue weighted by molar-refractivity contribution is -0.120. The maximum atomic E-state index is 11.6. The van der Waals surface area contributed by atoms with E-state index in [9.17, 15) is 13.2 Å². The van der Waals surface area contributed by atoms with Gasteiger partial charge >= 0.3 is 0 Å². The first-order valence-corrected chi connectivity index (χ1v) is 9.15. The van der Waals surface area contributed by atoms with Crippen molar-refractivity contribution in [2.24, 2.45) is 5.14 Å². The number of primary sulfonamides is 1. The summed E-state index contributed by atoms with van der Waals surface area (Å²) in [4.78, 5) is 12.5. The van der Waals surface area contributed by atoms with Crippen LogP contribution in [0.1, 0.15) is 10.4 Å². The predicted molar refractivity (Wildman–Crippen MR) is 80.4 cm³/mol. The van der Waals surface area contributed by atoms with Crippen LogP contribution in [0.4, 0.5) is 0 Å². The summed E-state index contributed by atoms with van der Waals surface area (Å²) in [5, 5.41) is 11.7. The van der Waals surface area contributed by atoms with Crippen LogP contribution >= 0.6 is 22.7 Å². The molecule has 5 nitrogen and oxygen atoms in total. The van der Waals surface area contributed by atoms with E-state index in [0.29, 0.717) is 19.4 Å². The van der Waals surface area contributed by atoms with Crippen LogP contribution in [0.25, 0.3) is 0 Å². The van der Waals surface area contributed by atoms with E-state index in [0.717, 1.165) is 21.8 Å². The molecule has 0 aliphatic carbocycles. The Kier molecular flexibility index (Phi) is 4.92. The molecule has 0 atom stereocenters. The van der Waals surface area contributed by atoms with Crippen LogP contribution in [-0.2, 0) is 27.7 Å². The smallest absolute Gasteiger partial charge is 0.247 e. The van der Waals surface area contributed by atoms with Crippen molar-refractivity contribution in [3.63, 3.8) is 0 Å². The standard InChI is InChI=1S/C12H14N2O3S3/c13-20(16,17)12-2-1-10(19-12)3-5-14-11(15)7-9-4-6-18-8-9/h1-2,4,6,8H,3,5,7H2,(H,14,15)(H2,13,16,17). The van der Waals surface area contributed by atoms with Gasteiger partial charge in [0.25, 0.3) is 0 Å². The largest absolute Gasteiger partial charge is 0.355 e. The molecule has 2 aromatic heterocycles. The van der Waals surface area contributed by atoms with E-state index in [2.05, 4.69) is 5.32 Å². The van der Waals surface area contributed by atoms with Crippen LogP contribution in [0, 0.1) is 0 Å². The highest BCUT2D eigenvalue weighted by Crippen LogP contribution is 2.20. The van der Waals surface area contributed by atoms with E-state index in [1.807, 2.05) is 16.8 Å². The zero-order valence-corrected chi connectivity index (χ0v) is 13.0. The Labute approximate surface area is 125 Å². The topological polar surface area (TPSA) is 89.3 Å². The first-order valence-electron chi connectivity index (χ1n) is 5.84. The van der Waals surface area contributed by atoms with Gasteiger partial charge in [-0.1, -0.05) is 0 Å². The Morgan fingerprint density at radius 1 is 1.30 bits per heavy atom. The highest BCUT2D eigenvalue weighted by molar-refractivity contribution is 7.91.